The van der Waals surface area contributed by atoms with Crippen molar-refractivity contribution in [2.45, 2.75) is 65.7 Å². The van der Waals surface area contributed by atoms with Gasteiger partial charge in [0.15, 0.2) is 0 Å². The zero-order valence-electron chi connectivity index (χ0n) is 12.2. The van der Waals surface area contributed by atoms with Crippen molar-refractivity contribution >= 4 is 5.97 Å². The first-order valence-corrected chi connectivity index (χ1v) is 7.00. The van der Waals surface area contributed by atoms with Crippen LogP contribution in [0.1, 0.15) is 65.7 Å². The quantitative estimate of drug-likeness (QED) is 0.440. The van der Waals surface area contributed by atoms with Crippen LogP contribution in [-0.2, 0) is 4.79 Å². The minimum atomic E-state index is -0.655. The lowest BCUT2D eigenvalue weighted by Gasteiger charge is -2.12. The summed E-state index contributed by atoms with van der Waals surface area (Å²) in [5, 5.41) is 9.15. The van der Waals surface area contributed by atoms with Crippen LogP contribution < -0.4 is 0 Å². The second kappa shape index (κ2) is 9.93. The van der Waals surface area contributed by atoms with E-state index in [1.807, 2.05) is 13.8 Å². The van der Waals surface area contributed by atoms with E-state index in [1.165, 1.54) is 11.1 Å². The van der Waals surface area contributed by atoms with Crippen LogP contribution in [0.2, 0.25) is 0 Å². The summed E-state index contributed by atoms with van der Waals surface area (Å²) in [4.78, 5) is 11.1. The minimum absolute atomic E-state index is 0.206. The molecular weight excluding hydrogens is 224 g/mol. The highest BCUT2D eigenvalue weighted by Gasteiger charge is 2.16. The van der Waals surface area contributed by atoms with Crippen LogP contribution in [0.15, 0.2) is 23.8 Å². The summed E-state index contributed by atoms with van der Waals surface area (Å²) in [5.74, 6) is -0.861. The van der Waals surface area contributed by atoms with Gasteiger partial charge in [-0.05, 0) is 46.0 Å². The van der Waals surface area contributed by atoms with Crippen LogP contribution in [-0.4, -0.2) is 11.1 Å². The van der Waals surface area contributed by atoms with Gasteiger partial charge in [-0.3, -0.25) is 4.79 Å². The molecule has 0 amide bonds. The van der Waals surface area contributed by atoms with E-state index < -0.39 is 5.97 Å². The van der Waals surface area contributed by atoms with E-state index in [-0.39, 0.29) is 5.92 Å². The van der Waals surface area contributed by atoms with Gasteiger partial charge in [0.2, 0.25) is 0 Å². The first-order valence-electron chi connectivity index (χ1n) is 7.00. The van der Waals surface area contributed by atoms with Gasteiger partial charge in [0.1, 0.15) is 0 Å². The Hall–Kier alpha value is -1.05. The molecule has 0 aromatic heterocycles. The summed E-state index contributed by atoms with van der Waals surface area (Å²) in [5.41, 5.74) is 2.42. The van der Waals surface area contributed by atoms with Crippen molar-refractivity contribution in [2.24, 2.45) is 5.92 Å². The van der Waals surface area contributed by atoms with Crippen LogP contribution >= 0.6 is 0 Å². The molecule has 0 aromatic carbocycles. The normalized spacial score (nSPS) is 13.4. The third-order valence-corrected chi connectivity index (χ3v) is 3.12. The Morgan fingerprint density at radius 2 is 2.00 bits per heavy atom. The second-order valence-corrected chi connectivity index (χ2v) is 5.28. The molecule has 0 bridgehead atoms. The van der Waals surface area contributed by atoms with Crippen molar-refractivity contribution in [1.82, 2.24) is 0 Å². The molecule has 0 spiro atoms. The molecule has 0 rings (SSSR count). The van der Waals surface area contributed by atoms with Gasteiger partial charge in [0.05, 0.1) is 5.92 Å². The number of rotatable bonds is 10. The monoisotopic (exact) mass is 252 g/mol. The highest BCUT2D eigenvalue weighted by Crippen LogP contribution is 2.19. The molecule has 0 saturated carbocycles. The van der Waals surface area contributed by atoms with Gasteiger partial charge >= 0.3 is 5.97 Å². The average Bonchev–Trinajstić information content (AvgIpc) is 2.29. The number of carboxylic acids is 1. The third kappa shape index (κ3) is 9.03. The molecule has 0 aliphatic rings. The van der Waals surface area contributed by atoms with Crippen molar-refractivity contribution in [3.63, 3.8) is 0 Å². The molecule has 1 atom stereocenters. The van der Waals surface area contributed by atoms with E-state index in [2.05, 4.69) is 19.6 Å². The largest absolute Gasteiger partial charge is 0.481 e. The summed E-state index contributed by atoms with van der Waals surface area (Å²) < 4.78 is 0. The average molecular weight is 252 g/mol. The standard InChI is InChI=1S/C16H28O2/c1-5-6-11-15(16(17)18)12-14(4)10-8-7-9-13(2)3/h10,15H,2,5-9,11-12H2,1,3-4H3,(H,17,18). The van der Waals surface area contributed by atoms with E-state index >= 15 is 0 Å². The lowest BCUT2D eigenvalue weighted by Crippen LogP contribution is -2.14. The summed E-state index contributed by atoms with van der Waals surface area (Å²) >= 11 is 0. The minimum Gasteiger partial charge on any atom is -0.481 e. The van der Waals surface area contributed by atoms with Crippen LogP contribution in [0, 0.1) is 5.92 Å². The fraction of sp³-hybridized carbons (Fsp3) is 0.688. The summed E-state index contributed by atoms with van der Waals surface area (Å²) in [7, 11) is 0. The summed E-state index contributed by atoms with van der Waals surface area (Å²) in [6, 6.07) is 0. The van der Waals surface area contributed by atoms with Crippen molar-refractivity contribution < 1.29 is 9.90 Å². The van der Waals surface area contributed by atoms with Crippen molar-refractivity contribution in [1.29, 1.82) is 0 Å². The molecule has 0 aromatic rings. The molecule has 0 fully saturated rings. The Bertz CT molecular complexity index is 289. The first kappa shape index (κ1) is 16.9. The molecule has 2 nitrogen and oxygen atoms in total. The van der Waals surface area contributed by atoms with E-state index in [4.69, 9.17) is 5.11 Å². The van der Waals surface area contributed by atoms with E-state index in [9.17, 15) is 4.79 Å². The van der Waals surface area contributed by atoms with Gasteiger partial charge < -0.3 is 5.11 Å². The van der Waals surface area contributed by atoms with Gasteiger partial charge in [0.25, 0.3) is 0 Å². The molecule has 18 heavy (non-hydrogen) atoms. The number of unbranched alkanes of at least 4 members (excludes halogenated alkanes) is 2. The molecule has 0 radical (unpaired) electrons. The Balaban J connectivity index is 4.06. The molecule has 0 saturated heterocycles. The Kier molecular flexibility index (Phi) is 9.35. The van der Waals surface area contributed by atoms with Crippen molar-refractivity contribution in [3.05, 3.63) is 23.8 Å². The Morgan fingerprint density at radius 3 is 2.50 bits per heavy atom. The smallest absolute Gasteiger partial charge is 0.306 e. The number of carboxylic acid groups (broad SMARTS) is 1. The van der Waals surface area contributed by atoms with Crippen LogP contribution in [0.4, 0.5) is 0 Å². The molecule has 2 heteroatoms. The van der Waals surface area contributed by atoms with Gasteiger partial charge in [-0.2, -0.15) is 0 Å². The molecule has 1 unspecified atom stereocenters. The van der Waals surface area contributed by atoms with E-state index in [1.54, 1.807) is 0 Å². The number of hydrogen-bond donors (Lipinski definition) is 1. The van der Waals surface area contributed by atoms with Gasteiger partial charge in [0, 0.05) is 0 Å². The van der Waals surface area contributed by atoms with Crippen LogP contribution in [0.3, 0.4) is 0 Å². The third-order valence-electron chi connectivity index (χ3n) is 3.12. The summed E-state index contributed by atoms with van der Waals surface area (Å²) in [6.07, 6.45) is 8.93. The number of aliphatic carboxylic acids is 1. The topological polar surface area (TPSA) is 37.3 Å². The van der Waals surface area contributed by atoms with Gasteiger partial charge in [-0.1, -0.05) is 37.0 Å². The molecule has 0 aliphatic carbocycles. The molecule has 0 heterocycles. The fourth-order valence-corrected chi connectivity index (χ4v) is 1.99. The second-order valence-electron chi connectivity index (χ2n) is 5.28. The van der Waals surface area contributed by atoms with E-state index in [0.717, 1.165) is 38.5 Å². The van der Waals surface area contributed by atoms with Gasteiger partial charge in [-0.15, -0.1) is 6.58 Å². The predicted octanol–water partition coefficient (Wildman–Crippen LogP) is 4.96. The Morgan fingerprint density at radius 1 is 1.33 bits per heavy atom. The maximum atomic E-state index is 11.1. The lowest BCUT2D eigenvalue weighted by atomic mass is 9.94. The van der Waals surface area contributed by atoms with Crippen LogP contribution in [0.25, 0.3) is 0 Å². The first-order chi connectivity index (χ1) is 8.47. The number of carbonyl (C=O) groups is 1. The molecule has 1 N–H and O–H groups in total. The zero-order valence-corrected chi connectivity index (χ0v) is 12.2. The van der Waals surface area contributed by atoms with Gasteiger partial charge in [-0.25, -0.2) is 0 Å². The van der Waals surface area contributed by atoms with Crippen LogP contribution in [0.5, 0.6) is 0 Å². The fourth-order valence-electron chi connectivity index (χ4n) is 1.99. The maximum absolute atomic E-state index is 11.1. The number of hydrogen-bond acceptors (Lipinski definition) is 1. The zero-order chi connectivity index (χ0) is 14.0. The Labute approximate surface area is 112 Å². The SMILES string of the molecule is C=C(C)CCCC=C(C)CC(CCCC)C(=O)O. The highest BCUT2D eigenvalue weighted by molar-refractivity contribution is 5.70. The lowest BCUT2D eigenvalue weighted by molar-refractivity contribution is -0.141. The molecule has 104 valence electrons. The molecule has 0 aliphatic heterocycles. The maximum Gasteiger partial charge on any atom is 0.306 e. The molecular formula is C16H28O2. The van der Waals surface area contributed by atoms with Crippen molar-refractivity contribution in [2.75, 3.05) is 0 Å². The summed E-state index contributed by atoms with van der Waals surface area (Å²) in [6.45, 7) is 10.1. The van der Waals surface area contributed by atoms with E-state index in [0.29, 0.717) is 6.42 Å². The van der Waals surface area contributed by atoms with Crippen molar-refractivity contribution in [3.8, 4) is 0 Å². The predicted molar refractivity (Wildman–Crippen MR) is 77.7 cm³/mol. The highest BCUT2D eigenvalue weighted by atomic mass is 16.4. The number of allylic oxidation sites excluding steroid dienone is 3.